The van der Waals surface area contributed by atoms with Gasteiger partial charge in [0.25, 0.3) is 5.91 Å². The van der Waals surface area contributed by atoms with E-state index < -0.39 is 24.0 Å². The number of likely N-dealkylation sites (tertiary alicyclic amines) is 1. The number of aliphatic hydroxyl groups excluding tert-OH is 1. The Bertz CT molecular complexity index is 533. The van der Waals surface area contributed by atoms with Gasteiger partial charge >= 0.3 is 5.97 Å². The maximum Gasteiger partial charge on any atom is 0.326 e. The quantitative estimate of drug-likeness (QED) is 0.743. The zero-order chi connectivity index (χ0) is 14.2. The minimum Gasteiger partial charge on any atom is -0.507 e. The Morgan fingerprint density at radius 3 is 2.63 bits per heavy atom. The Hall–Kier alpha value is -1.79. The fourth-order valence-electron chi connectivity index (χ4n) is 2.11. The summed E-state index contributed by atoms with van der Waals surface area (Å²) < 4.78 is 0. The lowest BCUT2D eigenvalue weighted by Gasteiger charge is -2.21. The first-order valence-electron chi connectivity index (χ1n) is 5.60. The average Bonchev–Trinajstić information content (AvgIpc) is 2.70. The van der Waals surface area contributed by atoms with Gasteiger partial charge in [0.1, 0.15) is 11.8 Å². The molecule has 6 nitrogen and oxygen atoms in total. The highest BCUT2D eigenvalue weighted by atomic mass is 35.5. The van der Waals surface area contributed by atoms with Crippen LogP contribution in [0.4, 0.5) is 0 Å². The molecule has 19 heavy (non-hydrogen) atoms. The molecule has 2 atom stereocenters. The normalized spacial score (nSPS) is 22.5. The first-order valence-corrected chi connectivity index (χ1v) is 5.98. The van der Waals surface area contributed by atoms with Gasteiger partial charge in [0.2, 0.25) is 0 Å². The number of aliphatic hydroxyl groups is 1. The lowest BCUT2D eigenvalue weighted by atomic mass is 10.1. The first kappa shape index (κ1) is 13.6. The maximum atomic E-state index is 12.2. The number of β-amino-alcohol motifs (C(OH)–C–C–N with tert-alkyl or cyclic N) is 1. The molecule has 0 radical (unpaired) electrons. The molecule has 7 heteroatoms. The lowest BCUT2D eigenvalue weighted by molar-refractivity contribution is -0.141. The number of hydrogen-bond acceptors (Lipinski definition) is 4. The van der Waals surface area contributed by atoms with Crippen LogP contribution in [-0.2, 0) is 4.79 Å². The lowest BCUT2D eigenvalue weighted by Crippen LogP contribution is -2.40. The number of rotatable bonds is 2. The number of phenols is 1. The van der Waals surface area contributed by atoms with Gasteiger partial charge in [-0.15, -0.1) is 0 Å². The Kier molecular flexibility index (Phi) is 3.64. The SMILES string of the molecule is O=C(O)[C@@H]1CC(O)CN1C(=O)c1ccc(Cl)cc1O. The molecule has 3 N–H and O–H groups in total. The number of carbonyl (C=O) groups is 2. The number of hydrogen-bond donors (Lipinski definition) is 3. The standard InChI is InChI=1S/C12H12ClNO5/c13-6-1-2-8(10(16)3-6)11(17)14-5-7(15)4-9(14)12(18)19/h1-3,7,9,15-16H,4-5H2,(H,18,19)/t7?,9-/m0/s1. The number of carboxylic acids is 1. The van der Waals surface area contributed by atoms with E-state index >= 15 is 0 Å². The molecule has 1 saturated heterocycles. The third kappa shape index (κ3) is 2.64. The van der Waals surface area contributed by atoms with Gasteiger partial charge in [-0.1, -0.05) is 11.6 Å². The summed E-state index contributed by atoms with van der Waals surface area (Å²) in [4.78, 5) is 24.3. The van der Waals surface area contributed by atoms with E-state index in [1.165, 1.54) is 18.2 Å². The van der Waals surface area contributed by atoms with Gasteiger partial charge in [-0.2, -0.15) is 0 Å². The molecule has 1 heterocycles. The molecule has 1 aromatic carbocycles. The van der Waals surface area contributed by atoms with Gasteiger partial charge in [0, 0.05) is 18.0 Å². The van der Waals surface area contributed by atoms with Crippen LogP contribution in [0.3, 0.4) is 0 Å². The molecule has 0 aromatic heterocycles. The highest BCUT2D eigenvalue weighted by molar-refractivity contribution is 6.30. The number of aliphatic carboxylic acids is 1. The second kappa shape index (κ2) is 5.07. The van der Waals surface area contributed by atoms with Crippen LogP contribution in [0.1, 0.15) is 16.8 Å². The van der Waals surface area contributed by atoms with Crippen molar-refractivity contribution >= 4 is 23.5 Å². The summed E-state index contributed by atoms with van der Waals surface area (Å²) in [6, 6.07) is 2.87. The molecular formula is C12H12ClNO5. The van der Waals surface area contributed by atoms with Crippen LogP contribution in [0.25, 0.3) is 0 Å². The van der Waals surface area contributed by atoms with Gasteiger partial charge in [0.05, 0.1) is 11.7 Å². The van der Waals surface area contributed by atoms with E-state index in [1.807, 2.05) is 0 Å². The fourth-order valence-corrected chi connectivity index (χ4v) is 2.28. The molecule has 0 saturated carbocycles. The zero-order valence-corrected chi connectivity index (χ0v) is 10.5. The van der Waals surface area contributed by atoms with E-state index in [0.29, 0.717) is 0 Å². The molecule has 102 valence electrons. The monoisotopic (exact) mass is 285 g/mol. The summed E-state index contributed by atoms with van der Waals surface area (Å²) in [5.41, 5.74) is -0.0373. The molecule has 0 bridgehead atoms. The molecular weight excluding hydrogens is 274 g/mol. The Balaban J connectivity index is 2.30. The number of aromatic hydroxyl groups is 1. The summed E-state index contributed by atoms with van der Waals surface area (Å²) >= 11 is 5.66. The summed E-state index contributed by atoms with van der Waals surface area (Å²) in [7, 11) is 0. The predicted molar refractivity (Wildman–Crippen MR) is 66.2 cm³/mol. The highest BCUT2D eigenvalue weighted by Gasteiger charge is 2.39. The number of amides is 1. The topological polar surface area (TPSA) is 98.1 Å². The van der Waals surface area contributed by atoms with Gasteiger partial charge < -0.3 is 20.2 Å². The van der Waals surface area contributed by atoms with Crippen LogP contribution in [0.2, 0.25) is 5.02 Å². The van der Waals surface area contributed by atoms with Crippen molar-refractivity contribution < 1.29 is 24.9 Å². The number of carboxylic acid groups (broad SMARTS) is 1. The van der Waals surface area contributed by atoms with Crippen LogP contribution in [0, 0.1) is 0 Å². The van der Waals surface area contributed by atoms with Gasteiger partial charge in [-0.25, -0.2) is 4.79 Å². The van der Waals surface area contributed by atoms with E-state index in [4.69, 9.17) is 16.7 Å². The first-order chi connectivity index (χ1) is 8.90. The molecule has 1 aliphatic heterocycles. The molecule has 0 spiro atoms. The molecule has 1 aliphatic rings. The Morgan fingerprint density at radius 2 is 2.05 bits per heavy atom. The van der Waals surface area contributed by atoms with Crippen LogP contribution in [0.5, 0.6) is 5.75 Å². The van der Waals surface area contributed by atoms with Crippen LogP contribution in [-0.4, -0.2) is 50.8 Å². The summed E-state index contributed by atoms with van der Waals surface area (Å²) in [5, 5.41) is 28.4. The summed E-state index contributed by atoms with van der Waals surface area (Å²) in [5.74, 6) is -2.14. The number of benzene rings is 1. The minimum absolute atomic E-state index is 0.0184. The van der Waals surface area contributed by atoms with Crippen molar-refractivity contribution in [3.8, 4) is 5.75 Å². The molecule has 1 fully saturated rings. The average molecular weight is 286 g/mol. The molecule has 1 unspecified atom stereocenters. The second-order valence-electron chi connectivity index (χ2n) is 4.36. The van der Waals surface area contributed by atoms with E-state index in [9.17, 15) is 19.8 Å². The van der Waals surface area contributed by atoms with Gasteiger partial charge in [0.15, 0.2) is 0 Å². The van der Waals surface area contributed by atoms with Gasteiger partial charge in [-0.3, -0.25) is 4.79 Å². The Labute approximate surface area is 113 Å². The third-order valence-corrected chi connectivity index (χ3v) is 3.25. The zero-order valence-electron chi connectivity index (χ0n) is 9.78. The van der Waals surface area contributed by atoms with Crippen molar-refractivity contribution in [1.29, 1.82) is 0 Å². The van der Waals surface area contributed by atoms with E-state index in [2.05, 4.69) is 0 Å². The largest absolute Gasteiger partial charge is 0.507 e. The summed E-state index contributed by atoms with van der Waals surface area (Å²) in [6.07, 6.45) is -0.894. The fraction of sp³-hybridized carbons (Fsp3) is 0.333. The predicted octanol–water partition coefficient (Wildman–Crippen LogP) is 0.706. The van der Waals surface area contributed by atoms with Crippen molar-refractivity contribution in [2.24, 2.45) is 0 Å². The Morgan fingerprint density at radius 1 is 1.37 bits per heavy atom. The van der Waals surface area contributed by atoms with Crippen LogP contribution in [0.15, 0.2) is 18.2 Å². The van der Waals surface area contributed by atoms with E-state index in [1.54, 1.807) is 0 Å². The number of phenolic OH excluding ortho intramolecular Hbond substituents is 1. The summed E-state index contributed by atoms with van der Waals surface area (Å²) in [6.45, 7) is -0.0716. The number of halogens is 1. The number of carbonyl (C=O) groups excluding carboxylic acids is 1. The molecule has 1 aromatic rings. The van der Waals surface area contributed by atoms with E-state index in [0.717, 1.165) is 4.90 Å². The van der Waals surface area contributed by atoms with Crippen molar-refractivity contribution in [2.75, 3.05) is 6.54 Å². The van der Waals surface area contributed by atoms with Crippen LogP contribution >= 0.6 is 11.6 Å². The van der Waals surface area contributed by atoms with Crippen molar-refractivity contribution in [2.45, 2.75) is 18.6 Å². The van der Waals surface area contributed by atoms with E-state index in [-0.39, 0.29) is 29.3 Å². The van der Waals surface area contributed by atoms with Crippen molar-refractivity contribution in [1.82, 2.24) is 4.90 Å². The maximum absolute atomic E-state index is 12.2. The van der Waals surface area contributed by atoms with Crippen LogP contribution < -0.4 is 0 Å². The smallest absolute Gasteiger partial charge is 0.326 e. The highest BCUT2D eigenvalue weighted by Crippen LogP contribution is 2.27. The molecule has 0 aliphatic carbocycles. The second-order valence-corrected chi connectivity index (χ2v) is 4.80. The molecule has 2 rings (SSSR count). The van der Waals surface area contributed by atoms with Gasteiger partial charge in [-0.05, 0) is 18.2 Å². The third-order valence-electron chi connectivity index (χ3n) is 3.02. The molecule has 1 amide bonds. The minimum atomic E-state index is -1.18. The van der Waals surface area contributed by atoms with Crippen molar-refractivity contribution in [3.63, 3.8) is 0 Å². The van der Waals surface area contributed by atoms with Crippen molar-refractivity contribution in [3.05, 3.63) is 28.8 Å². The number of nitrogens with zero attached hydrogens (tertiary/aromatic N) is 1.